The molecule has 158 valence electrons. The number of aromatic nitrogens is 4. The zero-order valence-electron chi connectivity index (χ0n) is 17.0. The van der Waals surface area contributed by atoms with E-state index >= 15 is 0 Å². The van der Waals surface area contributed by atoms with Gasteiger partial charge in [-0.1, -0.05) is 53.5 Å². The number of quaternary nitrogens is 1. The number of piperazine rings is 1. The molecule has 0 unspecified atom stereocenters. The fraction of sp³-hybridized carbons (Fsp3) is 0.261. The van der Waals surface area contributed by atoms with Gasteiger partial charge in [-0.05, 0) is 23.8 Å². The molecule has 1 aliphatic rings. The predicted molar refractivity (Wildman–Crippen MR) is 124 cm³/mol. The molecule has 0 spiro atoms. The van der Waals surface area contributed by atoms with Crippen LogP contribution in [0.1, 0.15) is 11.1 Å². The van der Waals surface area contributed by atoms with Crippen LogP contribution in [0.4, 0.5) is 5.82 Å². The van der Waals surface area contributed by atoms with Crippen LogP contribution in [0.25, 0.3) is 11.0 Å². The quantitative estimate of drug-likeness (QED) is 0.504. The monoisotopic (exact) mass is 453 g/mol. The van der Waals surface area contributed by atoms with E-state index in [4.69, 9.17) is 23.2 Å². The first-order chi connectivity index (χ1) is 15.2. The molecule has 4 aromatic rings. The number of nitrogens with one attached hydrogen (secondary N) is 1. The third kappa shape index (κ3) is 4.37. The molecule has 2 aromatic heterocycles. The van der Waals surface area contributed by atoms with Crippen molar-refractivity contribution in [2.24, 2.45) is 0 Å². The van der Waals surface area contributed by atoms with Gasteiger partial charge in [0.15, 0.2) is 5.65 Å². The van der Waals surface area contributed by atoms with Crippen LogP contribution in [0.15, 0.2) is 61.1 Å². The summed E-state index contributed by atoms with van der Waals surface area (Å²) in [6, 6.07) is 15.9. The fourth-order valence-electron chi connectivity index (χ4n) is 4.13. The minimum absolute atomic E-state index is 0.646. The maximum absolute atomic E-state index is 6.34. The lowest BCUT2D eigenvalue weighted by atomic mass is 10.2. The van der Waals surface area contributed by atoms with Crippen molar-refractivity contribution in [1.29, 1.82) is 0 Å². The number of hydrogen-bond acceptors (Lipinski definition) is 4. The van der Waals surface area contributed by atoms with E-state index in [1.54, 1.807) is 6.33 Å². The van der Waals surface area contributed by atoms with Crippen LogP contribution in [0.2, 0.25) is 10.0 Å². The molecular formula is C23H23Cl2N6+. The zero-order chi connectivity index (χ0) is 21.2. The Labute approximate surface area is 191 Å². The van der Waals surface area contributed by atoms with Gasteiger partial charge in [-0.15, -0.1) is 0 Å². The Morgan fingerprint density at radius 1 is 0.935 bits per heavy atom. The summed E-state index contributed by atoms with van der Waals surface area (Å²) < 4.78 is 1.92. The highest BCUT2D eigenvalue weighted by Crippen LogP contribution is 2.23. The van der Waals surface area contributed by atoms with Gasteiger partial charge in [0, 0.05) is 15.6 Å². The molecule has 1 aliphatic heterocycles. The number of anilines is 1. The lowest BCUT2D eigenvalue weighted by Crippen LogP contribution is -3.13. The van der Waals surface area contributed by atoms with Crippen LogP contribution in [-0.2, 0) is 13.1 Å². The van der Waals surface area contributed by atoms with Crippen molar-refractivity contribution in [1.82, 2.24) is 19.7 Å². The highest BCUT2D eigenvalue weighted by molar-refractivity contribution is 6.31. The first kappa shape index (κ1) is 20.2. The maximum Gasteiger partial charge on any atom is 0.163 e. The second kappa shape index (κ2) is 8.83. The molecule has 6 nitrogen and oxygen atoms in total. The molecule has 0 amide bonds. The van der Waals surface area contributed by atoms with E-state index in [0.717, 1.165) is 65.2 Å². The summed E-state index contributed by atoms with van der Waals surface area (Å²) in [6.45, 7) is 5.55. The van der Waals surface area contributed by atoms with Crippen molar-refractivity contribution >= 4 is 40.1 Å². The second-order valence-corrected chi connectivity index (χ2v) is 8.71. The molecule has 5 rings (SSSR count). The second-order valence-electron chi connectivity index (χ2n) is 7.87. The maximum atomic E-state index is 6.34. The smallest absolute Gasteiger partial charge is 0.163 e. The van der Waals surface area contributed by atoms with E-state index in [9.17, 15) is 0 Å². The van der Waals surface area contributed by atoms with E-state index in [1.165, 1.54) is 10.5 Å². The third-order valence-corrected chi connectivity index (χ3v) is 6.45. The standard InChI is InChI=1S/C23H22Cl2N6/c24-19-7-5-17(6-8-19)14-31-23-20(13-28-31)22(26-16-27-23)30-11-9-29(10-12-30)15-18-3-1-2-4-21(18)25/h1-8,13,16H,9-12,14-15H2/p+1. The number of nitrogens with zero attached hydrogens (tertiary/aromatic N) is 5. The van der Waals surface area contributed by atoms with Gasteiger partial charge in [0.25, 0.3) is 0 Å². The van der Waals surface area contributed by atoms with E-state index in [2.05, 4.69) is 32.1 Å². The Balaban J connectivity index is 1.30. The summed E-state index contributed by atoms with van der Waals surface area (Å²) in [6.07, 6.45) is 3.52. The lowest BCUT2D eigenvalue weighted by Gasteiger charge is -2.33. The van der Waals surface area contributed by atoms with Crippen molar-refractivity contribution < 1.29 is 4.90 Å². The highest BCUT2D eigenvalue weighted by Gasteiger charge is 2.24. The zero-order valence-corrected chi connectivity index (χ0v) is 18.5. The topological polar surface area (TPSA) is 51.3 Å². The number of hydrogen-bond donors (Lipinski definition) is 1. The first-order valence-electron chi connectivity index (χ1n) is 10.4. The minimum Gasteiger partial charge on any atom is -0.345 e. The summed E-state index contributed by atoms with van der Waals surface area (Å²) in [4.78, 5) is 13.0. The Kier molecular flexibility index (Phi) is 5.76. The summed E-state index contributed by atoms with van der Waals surface area (Å²) in [5, 5.41) is 7.16. The highest BCUT2D eigenvalue weighted by atomic mass is 35.5. The molecule has 2 aromatic carbocycles. The van der Waals surface area contributed by atoms with Crippen molar-refractivity contribution in [3.63, 3.8) is 0 Å². The molecule has 0 saturated carbocycles. The number of rotatable bonds is 5. The number of benzene rings is 2. The van der Waals surface area contributed by atoms with E-state index in [1.807, 2.05) is 47.3 Å². The van der Waals surface area contributed by atoms with Gasteiger partial charge in [0.2, 0.25) is 0 Å². The van der Waals surface area contributed by atoms with E-state index in [0.29, 0.717) is 6.54 Å². The molecule has 0 atom stereocenters. The molecule has 31 heavy (non-hydrogen) atoms. The van der Waals surface area contributed by atoms with Gasteiger partial charge in [-0.25, -0.2) is 14.6 Å². The SMILES string of the molecule is Clc1ccc(Cn2ncc3c(N4CC[NH+](Cc5ccccc5Cl)CC4)ncnc32)cc1. The number of fused-ring (bicyclic) bond motifs is 1. The molecule has 8 heteroatoms. The van der Waals surface area contributed by atoms with Crippen molar-refractivity contribution in [3.8, 4) is 0 Å². The van der Waals surface area contributed by atoms with Crippen molar-refractivity contribution in [3.05, 3.63) is 82.2 Å². The van der Waals surface area contributed by atoms with Crippen molar-refractivity contribution in [2.75, 3.05) is 31.1 Å². The molecule has 3 heterocycles. The van der Waals surface area contributed by atoms with Crippen LogP contribution in [0.5, 0.6) is 0 Å². The minimum atomic E-state index is 0.646. The molecule has 0 bridgehead atoms. The lowest BCUT2D eigenvalue weighted by molar-refractivity contribution is -0.914. The van der Waals surface area contributed by atoms with Gasteiger partial charge < -0.3 is 9.80 Å². The van der Waals surface area contributed by atoms with Crippen LogP contribution < -0.4 is 9.80 Å². The average molecular weight is 454 g/mol. The van der Waals surface area contributed by atoms with Crippen LogP contribution in [-0.4, -0.2) is 45.9 Å². The summed E-state index contributed by atoms with van der Waals surface area (Å²) in [7, 11) is 0. The van der Waals surface area contributed by atoms with Gasteiger partial charge in [-0.3, -0.25) is 0 Å². The molecular weight excluding hydrogens is 431 g/mol. The first-order valence-corrected chi connectivity index (χ1v) is 11.2. The normalized spacial score (nSPS) is 15.0. The Morgan fingerprint density at radius 3 is 2.48 bits per heavy atom. The number of halogens is 2. The fourth-order valence-corrected chi connectivity index (χ4v) is 4.46. The van der Waals surface area contributed by atoms with E-state index in [-0.39, 0.29) is 0 Å². The van der Waals surface area contributed by atoms with Crippen LogP contribution in [0.3, 0.4) is 0 Å². The summed E-state index contributed by atoms with van der Waals surface area (Å²) >= 11 is 12.3. The Bertz CT molecular complexity index is 1180. The Morgan fingerprint density at radius 2 is 1.71 bits per heavy atom. The van der Waals surface area contributed by atoms with Gasteiger partial charge in [0.05, 0.1) is 44.3 Å². The summed E-state index contributed by atoms with van der Waals surface area (Å²) in [5.74, 6) is 0.962. The van der Waals surface area contributed by atoms with Gasteiger partial charge in [0.1, 0.15) is 18.7 Å². The van der Waals surface area contributed by atoms with Crippen LogP contribution >= 0.6 is 23.2 Å². The van der Waals surface area contributed by atoms with E-state index < -0.39 is 0 Å². The molecule has 0 aliphatic carbocycles. The van der Waals surface area contributed by atoms with Crippen LogP contribution in [0, 0.1) is 0 Å². The summed E-state index contributed by atoms with van der Waals surface area (Å²) in [5.41, 5.74) is 3.19. The predicted octanol–water partition coefficient (Wildman–Crippen LogP) is 3.09. The molecule has 1 N–H and O–H groups in total. The van der Waals surface area contributed by atoms with Gasteiger partial charge in [-0.2, -0.15) is 5.10 Å². The third-order valence-electron chi connectivity index (χ3n) is 5.83. The largest absolute Gasteiger partial charge is 0.345 e. The Hall–Kier alpha value is -2.67. The van der Waals surface area contributed by atoms with Gasteiger partial charge >= 0.3 is 0 Å². The molecule has 1 saturated heterocycles. The van der Waals surface area contributed by atoms with Crippen molar-refractivity contribution in [2.45, 2.75) is 13.1 Å². The average Bonchev–Trinajstić information content (AvgIpc) is 3.20. The molecule has 0 radical (unpaired) electrons. The molecule has 1 fully saturated rings.